The number of hydrogen-bond donors (Lipinski definition) is 0. The maximum atomic E-state index is 13.4. The Morgan fingerprint density at radius 1 is 1.12 bits per heavy atom. The molecule has 0 spiro atoms. The number of hydrogen-bond acceptors (Lipinski definition) is 2. The Morgan fingerprint density at radius 3 is 2.29 bits per heavy atom. The van der Waals surface area contributed by atoms with E-state index in [1.54, 1.807) is 25.1 Å². The van der Waals surface area contributed by atoms with Gasteiger partial charge in [-0.2, -0.15) is 0 Å². The molecular weight excluding hydrogens is 262 g/mol. The van der Waals surface area contributed by atoms with Crippen molar-refractivity contribution in [1.82, 2.24) is 9.97 Å². The van der Waals surface area contributed by atoms with E-state index in [-0.39, 0.29) is 12.2 Å². The van der Waals surface area contributed by atoms with E-state index in [2.05, 4.69) is 9.97 Å². The molecule has 0 aliphatic rings. The summed E-state index contributed by atoms with van der Waals surface area (Å²) in [6.07, 6.45) is 0.270. The van der Waals surface area contributed by atoms with E-state index >= 15 is 0 Å². The van der Waals surface area contributed by atoms with Crippen LogP contribution in [0.25, 0.3) is 0 Å². The highest BCUT2D eigenvalue weighted by molar-refractivity contribution is 6.34. The molecule has 0 N–H and O–H groups in total. The highest BCUT2D eigenvalue weighted by Gasteiger charge is 2.09. The molecule has 1 aromatic carbocycles. The molecule has 88 valence electrons. The lowest BCUT2D eigenvalue weighted by Crippen LogP contribution is -2.01. The Labute approximate surface area is 108 Å². The van der Waals surface area contributed by atoms with Crippen LogP contribution in [0, 0.1) is 12.7 Å². The number of aromatic nitrogens is 2. The van der Waals surface area contributed by atoms with Crippen LogP contribution in [0.1, 0.15) is 17.0 Å². The standard InChI is InChI=1S/C12H9Cl2FN2/c1-7-11(13)16-10(17-12(7)14)6-8-4-2-3-5-9(8)15/h2-5H,6H2,1H3. The van der Waals surface area contributed by atoms with Crippen molar-refractivity contribution in [3.8, 4) is 0 Å². The lowest BCUT2D eigenvalue weighted by molar-refractivity contribution is 0.612. The minimum absolute atomic E-state index is 0.270. The third-order valence-corrected chi connectivity index (χ3v) is 3.12. The SMILES string of the molecule is Cc1c(Cl)nc(Cc2ccccc2F)nc1Cl. The molecule has 0 aliphatic heterocycles. The summed E-state index contributed by atoms with van der Waals surface area (Å²) in [5.41, 5.74) is 1.15. The van der Waals surface area contributed by atoms with Crippen molar-refractivity contribution in [2.75, 3.05) is 0 Å². The fourth-order valence-corrected chi connectivity index (χ4v) is 1.82. The van der Waals surface area contributed by atoms with Gasteiger partial charge >= 0.3 is 0 Å². The first-order valence-electron chi connectivity index (χ1n) is 5.00. The van der Waals surface area contributed by atoms with Gasteiger partial charge in [-0.3, -0.25) is 0 Å². The van der Waals surface area contributed by atoms with Gasteiger partial charge < -0.3 is 0 Å². The molecule has 0 unspecified atom stereocenters. The van der Waals surface area contributed by atoms with Gasteiger partial charge in [-0.25, -0.2) is 14.4 Å². The predicted molar refractivity (Wildman–Crippen MR) is 66.0 cm³/mol. The summed E-state index contributed by atoms with van der Waals surface area (Å²) in [7, 11) is 0. The Hall–Kier alpha value is -1.19. The molecular formula is C12H9Cl2FN2. The third-order valence-electron chi connectivity index (χ3n) is 2.38. The summed E-state index contributed by atoms with van der Waals surface area (Å²) in [6, 6.07) is 6.47. The Bertz CT molecular complexity index is 535. The van der Waals surface area contributed by atoms with E-state index in [4.69, 9.17) is 23.2 Å². The second-order valence-electron chi connectivity index (χ2n) is 3.61. The zero-order chi connectivity index (χ0) is 12.4. The smallest absolute Gasteiger partial charge is 0.137 e. The van der Waals surface area contributed by atoms with Gasteiger partial charge in [0.1, 0.15) is 21.9 Å². The van der Waals surface area contributed by atoms with E-state index in [1.807, 2.05) is 0 Å². The van der Waals surface area contributed by atoms with Crippen molar-refractivity contribution in [2.45, 2.75) is 13.3 Å². The summed E-state index contributed by atoms with van der Waals surface area (Å²) in [5.74, 6) is 0.125. The van der Waals surface area contributed by atoms with Crippen molar-refractivity contribution in [1.29, 1.82) is 0 Å². The number of nitrogens with zero attached hydrogens (tertiary/aromatic N) is 2. The van der Waals surface area contributed by atoms with Crippen molar-refractivity contribution >= 4 is 23.2 Å². The Kier molecular flexibility index (Phi) is 3.60. The number of benzene rings is 1. The van der Waals surface area contributed by atoms with E-state index in [0.29, 0.717) is 27.3 Å². The van der Waals surface area contributed by atoms with Gasteiger partial charge in [0.05, 0.1) is 0 Å². The van der Waals surface area contributed by atoms with Crippen LogP contribution >= 0.6 is 23.2 Å². The van der Waals surface area contributed by atoms with Crippen LogP contribution in [0.4, 0.5) is 4.39 Å². The second kappa shape index (κ2) is 4.98. The Balaban J connectivity index is 2.34. The van der Waals surface area contributed by atoms with Gasteiger partial charge in [-0.1, -0.05) is 41.4 Å². The molecule has 0 saturated heterocycles. The summed E-state index contributed by atoms with van der Waals surface area (Å²) in [6.45, 7) is 1.73. The van der Waals surface area contributed by atoms with Gasteiger partial charge in [0.15, 0.2) is 0 Å². The Morgan fingerprint density at radius 2 is 1.71 bits per heavy atom. The topological polar surface area (TPSA) is 25.8 Å². The lowest BCUT2D eigenvalue weighted by Gasteiger charge is -2.05. The zero-order valence-electron chi connectivity index (χ0n) is 9.04. The maximum Gasteiger partial charge on any atom is 0.137 e. The second-order valence-corrected chi connectivity index (χ2v) is 4.33. The van der Waals surface area contributed by atoms with Crippen molar-refractivity contribution in [3.63, 3.8) is 0 Å². The van der Waals surface area contributed by atoms with Crippen LogP contribution in [0.5, 0.6) is 0 Å². The van der Waals surface area contributed by atoms with Crippen LogP contribution < -0.4 is 0 Å². The molecule has 0 atom stereocenters. The molecule has 0 saturated carbocycles. The molecule has 1 heterocycles. The van der Waals surface area contributed by atoms with Crippen LogP contribution in [0.15, 0.2) is 24.3 Å². The van der Waals surface area contributed by atoms with Gasteiger partial charge in [0.25, 0.3) is 0 Å². The molecule has 0 radical (unpaired) electrons. The fraction of sp³-hybridized carbons (Fsp3) is 0.167. The van der Waals surface area contributed by atoms with E-state index in [1.165, 1.54) is 6.07 Å². The third kappa shape index (κ3) is 2.73. The fourth-order valence-electron chi connectivity index (χ4n) is 1.40. The first-order chi connectivity index (χ1) is 8.08. The molecule has 5 heteroatoms. The summed E-state index contributed by atoms with van der Waals surface area (Å²) in [5, 5.41) is 0.604. The van der Waals surface area contributed by atoms with Crippen LogP contribution in [-0.4, -0.2) is 9.97 Å². The lowest BCUT2D eigenvalue weighted by atomic mass is 10.1. The van der Waals surface area contributed by atoms with Gasteiger partial charge in [0.2, 0.25) is 0 Å². The van der Waals surface area contributed by atoms with Crippen LogP contribution in [0.2, 0.25) is 10.3 Å². The summed E-state index contributed by atoms with van der Waals surface area (Å²) < 4.78 is 13.4. The van der Waals surface area contributed by atoms with Crippen LogP contribution in [0.3, 0.4) is 0 Å². The van der Waals surface area contributed by atoms with Gasteiger partial charge in [-0.05, 0) is 18.6 Å². The summed E-state index contributed by atoms with van der Waals surface area (Å²) in [4.78, 5) is 8.15. The molecule has 1 aromatic heterocycles. The zero-order valence-corrected chi connectivity index (χ0v) is 10.6. The number of halogens is 3. The van der Waals surface area contributed by atoms with E-state index in [0.717, 1.165) is 0 Å². The monoisotopic (exact) mass is 270 g/mol. The van der Waals surface area contributed by atoms with E-state index < -0.39 is 0 Å². The average Bonchev–Trinajstić information content (AvgIpc) is 2.29. The maximum absolute atomic E-state index is 13.4. The van der Waals surface area contributed by atoms with E-state index in [9.17, 15) is 4.39 Å². The highest BCUT2D eigenvalue weighted by atomic mass is 35.5. The number of rotatable bonds is 2. The first kappa shape index (κ1) is 12.3. The molecule has 0 fully saturated rings. The molecule has 0 bridgehead atoms. The van der Waals surface area contributed by atoms with Gasteiger partial charge in [0, 0.05) is 12.0 Å². The normalized spacial score (nSPS) is 10.6. The average molecular weight is 271 g/mol. The highest BCUT2D eigenvalue weighted by Crippen LogP contribution is 2.21. The van der Waals surface area contributed by atoms with Crippen molar-refractivity contribution < 1.29 is 4.39 Å². The minimum atomic E-state index is -0.288. The van der Waals surface area contributed by atoms with Gasteiger partial charge in [-0.15, -0.1) is 0 Å². The first-order valence-corrected chi connectivity index (χ1v) is 5.75. The van der Waals surface area contributed by atoms with Crippen LogP contribution in [-0.2, 0) is 6.42 Å². The summed E-state index contributed by atoms with van der Waals surface area (Å²) >= 11 is 11.8. The molecule has 17 heavy (non-hydrogen) atoms. The molecule has 0 aliphatic carbocycles. The largest absolute Gasteiger partial charge is 0.220 e. The molecule has 2 rings (SSSR count). The minimum Gasteiger partial charge on any atom is -0.220 e. The molecule has 0 amide bonds. The van der Waals surface area contributed by atoms with Crippen molar-refractivity contribution in [3.05, 3.63) is 57.3 Å². The van der Waals surface area contributed by atoms with Crippen molar-refractivity contribution in [2.24, 2.45) is 0 Å². The quantitative estimate of drug-likeness (QED) is 0.776. The molecule has 2 aromatic rings. The molecule has 2 nitrogen and oxygen atoms in total. The predicted octanol–water partition coefficient (Wildman–Crippen LogP) is 3.82.